The molecule has 2 heterocycles. The summed E-state index contributed by atoms with van der Waals surface area (Å²) in [4.78, 5) is 17.4. The van der Waals surface area contributed by atoms with Gasteiger partial charge < -0.3 is 5.11 Å². The summed E-state index contributed by atoms with van der Waals surface area (Å²) in [6.07, 6.45) is 0.459. The summed E-state index contributed by atoms with van der Waals surface area (Å²) in [6, 6.07) is 3.48. The van der Waals surface area contributed by atoms with Gasteiger partial charge in [0.1, 0.15) is 5.82 Å². The zero-order valence-corrected chi connectivity index (χ0v) is 12.3. The zero-order chi connectivity index (χ0) is 14.5. The standard InChI is InChI=1S/C15H16N2O2S/c1-11-9-15(19)17(12(2)16-11)10-14-13(6-8-20-14)5-3-4-7-18/h6,8-9,18H,4,7,10H2,1-2H3. The summed E-state index contributed by atoms with van der Waals surface area (Å²) in [5.74, 6) is 6.64. The SMILES string of the molecule is Cc1cc(=O)n(Cc2sccc2C#CCCO)c(C)n1. The highest BCUT2D eigenvalue weighted by Gasteiger charge is 2.07. The first-order valence-corrected chi connectivity index (χ1v) is 7.21. The van der Waals surface area contributed by atoms with E-state index >= 15 is 0 Å². The minimum atomic E-state index is -0.0438. The molecule has 4 nitrogen and oxygen atoms in total. The van der Waals surface area contributed by atoms with E-state index in [-0.39, 0.29) is 12.2 Å². The van der Waals surface area contributed by atoms with E-state index in [0.717, 1.165) is 16.1 Å². The second-order valence-electron chi connectivity index (χ2n) is 4.40. The molecule has 0 spiro atoms. The second-order valence-corrected chi connectivity index (χ2v) is 5.40. The quantitative estimate of drug-likeness (QED) is 0.875. The lowest BCUT2D eigenvalue weighted by atomic mass is 10.2. The maximum absolute atomic E-state index is 12.0. The molecule has 0 fully saturated rings. The lowest BCUT2D eigenvalue weighted by Gasteiger charge is -2.08. The van der Waals surface area contributed by atoms with Crippen LogP contribution < -0.4 is 5.56 Å². The van der Waals surface area contributed by atoms with Crippen LogP contribution >= 0.6 is 11.3 Å². The molecule has 0 saturated carbocycles. The van der Waals surface area contributed by atoms with Crippen molar-refractivity contribution in [1.82, 2.24) is 9.55 Å². The van der Waals surface area contributed by atoms with Gasteiger partial charge in [0.15, 0.2) is 0 Å². The number of hydrogen-bond donors (Lipinski definition) is 1. The van der Waals surface area contributed by atoms with E-state index in [1.165, 1.54) is 6.07 Å². The van der Waals surface area contributed by atoms with Crippen LogP contribution in [0.3, 0.4) is 0 Å². The van der Waals surface area contributed by atoms with Gasteiger partial charge in [0, 0.05) is 28.6 Å². The van der Waals surface area contributed by atoms with Gasteiger partial charge in [0.25, 0.3) is 5.56 Å². The number of aromatic nitrogens is 2. The number of hydrogen-bond acceptors (Lipinski definition) is 4. The van der Waals surface area contributed by atoms with Crippen LogP contribution in [0, 0.1) is 25.7 Å². The largest absolute Gasteiger partial charge is 0.395 e. The van der Waals surface area contributed by atoms with E-state index < -0.39 is 0 Å². The number of thiophene rings is 1. The topological polar surface area (TPSA) is 55.1 Å². The fourth-order valence-electron chi connectivity index (χ4n) is 1.89. The molecule has 20 heavy (non-hydrogen) atoms. The van der Waals surface area contributed by atoms with Crippen molar-refractivity contribution in [2.45, 2.75) is 26.8 Å². The Hall–Kier alpha value is -1.90. The van der Waals surface area contributed by atoms with E-state index in [4.69, 9.17) is 5.11 Å². The Balaban J connectivity index is 2.31. The predicted octanol–water partition coefficient (Wildman–Crippen LogP) is 1.70. The Morgan fingerprint density at radius 3 is 2.95 bits per heavy atom. The molecule has 104 valence electrons. The third kappa shape index (κ3) is 3.35. The van der Waals surface area contributed by atoms with Crippen molar-refractivity contribution in [3.05, 3.63) is 49.8 Å². The normalized spacial score (nSPS) is 10.2. The van der Waals surface area contributed by atoms with Crippen LogP contribution in [-0.2, 0) is 6.54 Å². The molecule has 0 amide bonds. The Morgan fingerprint density at radius 1 is 1.45 bits per heavy atom. The van der Waals surface area contributed by atoms with Gasteiger partial charge in [-0.3, -0.25) is 9.36 Å². The summed E-state index contributed by atoms with van der Waals surface area (Å²) in [5.41, 5.74) is 1.60. The number of nitrogens with zero attached hydrogens (tertiary/aromatic N) is 2. The Bertz CT molecular complexity index is 719. The van der Waals surface area contributed by atoms with Crippen molar-refractivity contribution in [2.24, 2.45) is 0 Å². The fraction of sp³-hybridized carbons (Fsp3) is 0.333. The molecule has 0 radical (unpaired) electrons. The molecule has 2 aromatic heterocycles. The van der Waals surface area contributed by atoms with Gasteiger partial charge in [0.05, 0.1) is 13.2 Å². The minimum Gasteiger partial charge on any atom is -0.395 e. The molecule has 0 saturated heterocycles. The maximum atomic E-state index is 12.0. The van der Waals surface area contributed by atoms with Crippen LogP contribution in [0.25, 0.3) is 0 Å². The fourth-order valence-corrected chi connectivity index (χ4v) is 2.71. The van der Waals surface area contributed by atoms with Crippen molar-refractivity contribution >= 4 is 11.3 Å². The lowest BCUT2D eigenvalue weighted by molar-refractivity contribution is 0.305. The van der Waals surface area contributed by atoms with Crippen LogP contribution in [-0.4, -0.2) is 21.3 Å². The molecule has 1 N–H and O–H groups in total. The lowest BCUT2D eigenvalue weighted by Crippen LogP contribution is -2.23. The van der Waals surface area contributed by atoms with Gasteiger partial charge in [-0.2, -0.15) is 0 Å². The molecule has 2 aromatic rings. The highest BCUT2D eigenvalue weighted by Crippen LogP contribution is 2.17. The summed E-state index contributed by atoms with van der Waals surface area (Å²) >= 11 is 1.57. The van der Waals surface area contributed by atoms with Crippen molar-refractivity contribution < 1.29 is 5.11 Å². The van der Waals surface area contributed by atoms with E-state index in [0.29, 0.717) is 18.8 Å². The van der Waals surface area contributed by atoms with Crippen LogP contribution in [0.1, 0.15) is 28.4 Å². The van der Waals surface area contributed by atoms with Crippen LogP contribution in [0.15, 0.2) is 22.3 Å². The van der Waals surface area contributed by atoms with Gasteiger partial charge in [-0.05, 0) is 25.3 Å². The molecular formula is C15H16N2O2S. The third-order valence-electron chi connectivity index (χ3n) is 2.83. The average Bonchev–Trinajstić information content (AvgIpc) is 2.81. The molecule has 0 aliphatic heterocycles. The monoisotopic (exact) mass is 288 g/mol. The van der Waals surface area contributed by atoms with Gasteiger partial charge in [0.2, 0.25) is 0 Å². The Kier molecular flexibility index (Phi) is 4.72. The van der Waals surface area contributed by atoms with E-state index in [1.54, 1.807) is 15.9 Å². The highest BCUT2D eigenvalue weighted by molar-refractivity contribution is 7.10. The first kappa shape index (κ1) is 14.5. The summed E-state index contributed by atoms with van der Waals surface area (Å²) in [6.45, 7) is 4.19. The maximum Gasteiger partial charge on any atom is 0.254 e. The number of aryl methyl sites for hydroxylation is 2. The molecule has 0 unspecified atom stereocenters. The molecule has 2 rings (SSSR count). The number of rotatable bonds is 3. The van der Waals surface area contributed by atoms with Gasteiger partial charge in [-0.25, -0.2) is 4.98 Å². The van der Waals surface area contributed by atoms with Gasteiger partial charge in [-0.15, -0.1) is 11.3 Å². The van der Waals surface area contributed by atoms with Crippen molar-refractivity contribution in [3.63, 3.8) is 0 Å². The second kappa shape index (κ2) is 6.51. The van der Waals surface area contributed by atoms with Gasteiger partial charge in [-0.1, -0.05) is 11.8 Å². The van der Waals surface area contributed by atoms with E-state index in [1.807, 2.05) is 25.3 Å². The van der Waals surface area contributed by atoms with Crippen molar-refractivity contribution in [1.29, 1.82) is 0 Å². The molecular weight excluding hydrogens is 272 g/mol. The van der Waals surface area contributed by atoms with Crippen LogP contribution in [0.5, 0.6) is 0 Å². The van der Waals surface area contributed by atoms with Crippen LogP contribution in [0.4, 0.5) is 0 Å². The molecule has 0 atom stereocenters. The molecule has 0 aliphatic rings. The van der Waals surface area contributed by atoms with E-state index in [2.05, 4.69) is 16.8 Å². The van der Waals surface area contributed by atoms with Crippen molar-refractivity contribution in [2.75, 3.05) is 6.61 Å². The Labute approximate surface area is 121 Å². The van der Waals surface area contributed by atoms with Crippen molar-refractivity contribution in [3.8, 4) is 11.8 Å². The van der Waals surface area contributed by atoms with E-state index in [9.17, 15) is 4.79 Å². The first-order valence-electron chi connectivity index (χ1n) is 6.33. The molecule has 0 aliphatic carbocycles. The summed E-state index contributed by atoms with van der Waals surface area (Å²) in [7, 11) is 0. The molecule has 0 aromatic carbocycles. The average molecular weight is 288 g/mol. The minimum absolute atomic E-state index is 0.0438. The highest BCUT2D eigenvalue weighted by atomic mass is 32.1. The summed E-state index contributed by atoms with van der Waals surface area (Å²) < 4.78 is 1.65. The van der Waals surface area contributed by atoms with Crippen LogP contribution in [0.2, 0.25) is 0 Å². The Morgan fingerprint density at radius 2 is 2.25 bits per heavy atom. The summed E-state index contributed by atoms with van der Waals surface area (Å²) in [5, 5.41) is 10.7. The number of aliphatic hydroxyl groups excluding tert-OH is 1. The molecule has 0 bridgehead atoms. The predicted molar refractivity (Wildman–Crippen MR) is 80.0 cm³/mol. The zero-order valence-electron chi connectivity index (χ0n) is 11.5. The third-order valence-corrected chi connectivity index (χ3v) is 3.74. The first-order chi connectivity index (χ1) is 9.61. The van der Waals surface area contributed by atoms with Gasteiger partial charge >= 0.3 is 0 Å². The smallest absolute Gasteiger partial charge is 0.254 e. The molecule has 5 heteroatoms. The number of aliphatic hydroxyl groups is 1.